The quantitative estimate of drug-likeness (QED) is 0.842. The van der Waals surface area contributed by atoms with Gasteiger partial charge in [0.05, 0.1) is 17.6 Å². The van der Waals surface area contributed by atoms with Crippen molar-refractivity contribution in [2.24, 2.45) is 0 Å². The molecule has 22 heavy (non-hydrogen) atoms. The van der Waals surface area contributed by atoms with Gasteiger partial charge in [-0.1, -0.05) is 30.3 Å². The molecule has 2 aliphatic rings. The molecule has 1 heterocycles. The topological polar surface area (TPSA) is 50.4 Å². The molecule has 3 rings (SSSR count). The number of halogens is 1. The predicted molar refractivity (Wildman–Crippen MR) is 89.5 cm³/mol. The van der Waals surface area contributed by atoms with Gasteiger partial charge in [-0.15, -0.1) is 12.4 Å². The number of ether oxygens (including phenoxy) is 1. The Morgan fingerprint density at radius 1 is 1.27 bits per heavy atom. The maximum atomic E-state index is 12.7. The number of nitrogens with one attached hydrogen (secondary N) is 2. The van der Waals surface area contributed by atoms with Crippen molar-refractivity contribution in [1.82, 2.24) is 10.6 Å². The summed E-state index contributed by atoms with van der Waals surface area (Å²) in [5.74, 6) is 0.165. The third kappa shape index (κ3) is 3.29. The highest BCUT2D eigenvalue weighted by Crippen LogP contribution is 2.48. The molecule has 2 N–H and O–H groups in total. The van der Waals surface area contributed by atoms with Crippen molar-refractivity contribution in [2.75, 3.05) is 26.8 Å². The van der Waals surface area contributed by atoms with E-state index in [1.54, 1.807) is 7.11 Å². The lowest BCUT2D eigenvalue weighted by atomic mass is 9.93. The zero-order chi connectivity index (χ0) is 14.8. The second-order valence-corrected chi connectivity index (χ2v) is 6.37. The zero-order valence-electron chi connectivity index (χ0n) is 13.1. The minimum atomic E-state index is -0.284. The van der Waals surface area contributed by atoms with Crippen LogP contribution in [0, 0.1) is 0 Å². The Morgan fingerprint density at radius 2 is 2.00 bits per heavy atom. The first-order chi connectivity index (χ1) is 10.2. The molecule has 4 nitrogen and oxygen atoms in total. The van der Waals surface area contributed by atoms with Crippen LogP contribution in [0.15, 0.2) is 30.3 Å². The lowest BCUT2D eigenvalue weighted by Crippen LogP contribution is -2.54. The van der Waals surface area contributed by atoms with E-state index >= 15 is 0 Å². The highest BCUT2D eigenvalue weighted by molar-refractivity contribution is 5.91. The second kappa shape index (κ2) is 6.99. The van der Waals surface area contributed by atoms with Crippen LogP contribution < -0.4 is 10.6 Å². The van der Waals surface area contributed by atoms with E-state index in [0.29, 0.717) is 13.2 Å². The number of hydrogen-bond donors (Lipinski definition) is 2. The SMILES string of the molecule is COCC1(CNC(=O)C2(c3ccccc3)CC2)CCCN1.Cl. The molecule has 2 fully saturated rings. The number of carbonyl (C=O) groups excluding carboxylic acids is 1. The molecule has 1 saturated heterocycles. The summed E-state index contributed by atoms with van der Waals surface area (Å²) in [7, 11) is 1.72. The van der Waals surface area contributed by atoms with Crippen LogP contribution in [0.3, 0.4) is 0 Å². The summed E-state index contributed by atoms with van der Waals surface area (Å²) in [6.45, 7) is 2.29. The van der Waals surface area contributed by atoms with E-state index in [1.165, 1.54) is 0 Å². The van der Waals surface area contributed by atoms with Crippen LogP contribution in [0.1, 0.15) is 31.2 Å². The fraction of sp³-hybridized carbons (Fsp3) is 0.588. The number of rotatable bonds is 6. The first-order valence-electron chi connectivity index (χ1n) is 7.79. The van der Waals surface area contributed by atoms with Gasteiger partial charge in [-0.25, -0.2) is 0 Å². The Labute approximate surface area is 138 Å². The minimum Gasteiger partial charge on any atom is -0.383 e. The predicted octanol–water partition coefficient (Wildman–Crippen LogP) is 2.02. The Hall–Kier alpha value is -1.10. The second-order valence-electron chi connectivity index (χ2n) is 6.37. The van der Waals surface area contributed by atoms with Crippen LogP contribution >= 0.6 is 12.4 Å². The van der Waals surface area contributed by atoms with Crippen LogP contribution in [0.5, 0.6) is 0 Å². The molecule has 1 aliphatic carbocycles. The summed E-state index contributed by atoms with van der Waals surface area (Å²) in [5.41, 5.74) is 0.772. The molecule has 1 atom stereocenters. The Morgan fingerprint density at radius 3 is 2.55 bits per heavy atom. The van der Waals surface area contributed by atoms with E-state index in [0.717, 1.165) is 37.8 Å². The van der Waals surface area contributed by atoms with Gasteiger partial charge in [0.25, 0.3) is 0 Å². The number of carbonyl (C=O) groups is 1. The Bertz CT molecular complexity index is 497. The molecule has 1 saturated carbocycles. The van der Waals surface area contributed by atoms with E-state index < -0.39 is 0 Å². The lowest BCUT2D eigenvalue weighted by molar-refractivity contribution is -0.124. The number of hydrogen-bond acceptors (Lipinski definition) is 3. The Kier molecular flexibility index (Phi) is 5.48. The van der Waals surface area contributed by atoms with Crippen molar-refractivity contribution < 1.29 is 9.53 Å². The van der Waals surface area contributed by atoms with E-state index in [4.69, 9.17) is 4.74 Å². The van der Waals surface area contributed by atoms with Crippen molar-refractivity contribution in [2.45, 2.75) is 36.6 Å². The van der Waals surface area contributed by atoms with E-state index in [1.807, 2.05) is 18.2 Å². The molecule has 1 aliphatic heterocycles. The summed E-state index contributed by atoms with van der Waals surface area (Å²) in [6.07, 6.45) is 4.10. The third-order valence-corrected chi connectivity index (χ3v) is 4.85. The standard InChI is InChI=1S/C17H24N2O2.ClH/c1-21-13-16(8-5-11-19-16)12-18-15(20)17(9-10-17)14-6-3-2-4-7-14;/h2-4,6-7,19H,5,8-13H2,1H3,(H,18,20);1H. The molecule has 0 radical (unpaired) electrons. The molecule has 0 aromatic heterocycles. The van der Waals surface area contributed by atoms with Crippen molar-refractivity contribution in [3.8, 4) is 0 Å². The maximum Gasteiger partial charge on any atom is 0.230 e. The van der Waals surface area contributed by atoms with Gasteiger partial charge in [-0.2, -0.15) is 0 Å². The van der Waals surface area contributed by atoms with Crippen molar-refractivity contribution in [3.63, 3.8) is 0 Å². The van der Waals surface area contributed by atoms with Crippen molar-refractivity contribution >= 4 is 18.3 Å². The molecule has 122 valence electrons. The average Bonchev–Trinajstić information content (AvgIpc) is 3.21. The van der Waals surface area contributed by atoms with Crippen LogP contribution in [0.4, 0.5) is 0 Å². The first kappa shape index (κ1) is 17.3. The van der Waals surface area contributed by atoms with Crippen LogP contribution in [0.25, 0.3) is 0 Å². The van der Waals surface area contributed by atoms with Crippen molar-refractivity contribution in [1.29, 1.82) is 0 Å². The molecule has 1 aromatic rings. The summed E-state index contributed by atoms with van der Waals surface area (Å²) < 4.78 is 5.33. The maximum absolute atomic E-state index is 12.7. The molecule has 1 amide bonds. The van der Waals surface area contributed by atoms with Gasteiger partial charge in [0.2, 0.25) is 5.91 Å². The highest BCUT2D eigenvalue weighted by atomic mass is 35.5. The van der Waals surface area contributed by atoms with Gasteiger partial charge in [-0.05, 0) is 37.8 Å². The zero-order valence-corrected chi connectivity index (χ0v) is 13.9. The molecule has 1 aromatic carbocycles. The van der Waals surface area contributed by atoms with E-state index in [-0.39, 0.29) is 29.3 Å². The monoisotopic (exact) mass is 324 g/mol. The van der Waals surface area contributed by atoms with E-state index in [2.05, 4.69) is 22.8 Å². The normalized spacial score (nSPS) is 25.3. The summed E-state index contributed by atoms with van der Waals surface area (Å²) in [6, 6.07) is 10.1. The largest absolute Gasteiger partial charge is 0.383 e. The van der Waals surface area contributed by atoms with E-state index in [9.17, 15) is 4.79 Å². The molecular formula is C17H25ClN2O2. The summed E-state index contributed by atoms with van der Waals surface area (Å²) in [4.78, 5) is 12.7. The van der Waals surface area contributed by atoms with Gasteiger partial charge in [0.1, 0.15) is 0 Å². The number of methoxy groups -OCH3 is 1. The summed E-state index contributed by atoms with van der Waals surface area (Å²) in [5, 5.41) is 6.67. The smallest absolute Gasteiger partial charge is 0.230 e. The third-order valence-electron chi connectivity index (χ3n) is 4.85. The molecule has 5 heteroatoms. The number of benzene rings is 1. The lowest BCUT2D eigenvalue weighted by Gasteiger charge is -2.30. The van der Waals surface area contributed by atoms with Crippen molar-refractivity contribution in [3.05, 3.63) is 35.9 Å². The Balaban J connectivity index is 0.00000176. The fourth-order valence-electron chi connectivity index (χ4n) is 3.42. The van der Waals surface area contributed by atoms with Gasteiger partial charge in [0.15, 0.2) is 0 Å². The van der Waals surface area contributed by atoms with Gasteiger partial charge >= 0.3 is 0 Å². The molecule has 1 unspecified atom stereocenters. The van der Waals surface area contributed by atoms with Gasteiger partial charge < -0.3 is 15.4 Å². The molecule has 0 bridgehead atoms. The molecular weight excluding hydrogens is 300 g/mol. The minimum absolute atomic E-state index is 0. The number of amides is 1. The average molecular weight is 325 g/mol. The van der Waals surface area contributed by atoms with Crippen LogP contribution in [-0.4, -0.2) is 38.3 Å². The van der Waals surface area contributed by atoms with Gasteiger partial charge in [0, 0.05) is 13.7 Å². The molecule has 0 spiro atoms. The van der Waals surface area contributed by atoms with Gasteiger partial charge in [-0.3, -0.25) is 4.79 Å². The summed E-state index contributed by atoms with van der Waals surface area (Å²) >= 11 is 0. The fourth-order valence-corrected chi connectivity index (χ4v) is 3.42. The van der Waals surface area contributed by atoms with Crippen LogP contribution in [0.2, 0.25) is 0 Å². The highest BCUT2D eigenvalue weighted by Gasteiger charge is 2.51. The first-order valence-corrected chi connectivity index (χ1v) is 7.79. The van der Waals surface area contributed by atoms with Crippen LogP contribution in [-0.2, 0) is 14.9 Å².